The number of carbonyl (C=O) groups excluding carboxylic acids is 1. The average Bonchev–Trinajstić information content (AvgIpc) is 3.08. The lowest BCUT2D eigenvalue weighted by molar-refractivity contribution is -0.122. The molecule has 0 radical (unpaired) electrons. The molecule has 0 aliphatic heterocycles. The van der Waals surface area contributed by atoms with Gasteiger partial charge in [0.1, 0.15) is 0 Å². The van der Waals surface area contributed by atoms with Crippen molar-refractivity contribution in [1.82, 2.24) is 5.32 Å². The third-order valence-electron chi connectivity index (χ3n) is 8.89. The zero-order valence-electron chi connectivity index (χ0n) is 32.3. The van der Waals surface area contributed by atoms with Gasteiger partial charge in [-0.25, -0.2) is 0 Å². The molecule has 1 amide bonds. The van der Waals surface area contributed by atoms with E-state index in [1.165, 1.54) is 102 Å². The third-order valence-corrected chi connectivity index (χ3v) is 9.67. The van der Waals surface area contributed by atoms with E-state index in [9.17, 15) is 22.9 Å². The molecule has 0 heterocycles. The minimum Gasteiger partial charge on any atom is -0.387 e. The lowest BCUT2D eigenvalue weighted by Gasteiger charge is -2.21. The Kier molecular flexibility index (Phi) is 35.4. The number of aliphatic hydroxyl groups excluding tert-OH is 1. The van der Waals surface area contributed by atoms with E-state index < -0.39 is 28.0 Å². The molecule has 0 aliphatic carbocycles. The molecule has 0 aromatic heterocycles. The van der Waals surface area contributed by atoms with E-state index in [0.29, 0.717) is 12.8 Å². The minimum absolute atomic E-state index is 0.266. The molecule has 50 heavy (non-hydrogen) atoms. The summed E-state index contributed by atoms with van der Waals surface area (Å²) in [4.78, 5) is 12.5. The van der Waals surface area contributed by atoms with Gasteiger partial charge in [-0.1, -0.05) is 164 Å². The van der Waals surface area contributed by atoms with Crippen LogP contribution in [0.1, 0.15) is 187 Å². The van der Waals surface area contributed by atoms with Crippen LogP contribution in [0.25, 0.3) is 0 Å². The van der Waals surface area contributed by atoms with E-state index in [1.54, 1.807) is 6.08 Å². The molecule has 7 heteroatoms. The molecule has 0 rings (SSSR count). The molecule has 2 unspecified atom stereocenters. The van der Waals surface area contributed by atoms with Gasteiger partial charge in [-0.15, -0.1) is 0 Å². The van der Waals surface area contributed by atoms with Crippen molar-refractivity contribution in [2.75, 3.05) is 5.75 Å². The number of allylic oxidation sites excluding steroid dienone is 9. The van der Waals surface area contributed by atoms with Crippen LogP contribution in [0.5, 0.6) is 0 Å². The Morgan fingerprint density at radius 3 is 1.40 bits per heavy atom. The van der Waals surface area contributed by atoms with Gasteiger partial charge in [0.05, 0.1) is 17.9 Å². The van der Waals surface area contributed by atoms with E-state index >= 15 is 0 Å². The van der Waals surface area contributed by atoms with Crippen molar-refractivity contribution in [3.05, 3.63) is 60.8 Å². The molecular formula is C43H77NO5S. The summed E-state index contributed by atoms with van der Waals surface area (Å²) in [5.74, 6) is -1.03. The highest BCUT2D eigenvalue weighted by Gasteiger charge is 2.24. The van der Waals surface area contributed by atoms with Crippen LogP contribution in [0, 0.1) is 0 Å². The van der Waals surface area contributed by atoms with Crippen LogP contribution in [0.3, 0.4) is 0 Å². The first kappa shape index (κ1) is 48.0. The third kappa shape index (κ3) is 37.3. The van der Waals surface area contributed by atoms with Crippen molar-refractivity contribution in [2.24, 2.45) is 0 Å². The number of amides is 1. The number of unbranched alkanes of at least 4 members (excludes halogenated alkanes) is 20. The number of aliphatic hydroxyl groups is 1. The van der Waals surface area contributed by atoms with E-state index in [1.807, 2.05) is 0 Å². The van der Waals surface area contributed by atoms with Gasteiger partial charge < -0.3 is 10.4 Å². The second-order valence-corrected chi connectivity index (χ2v) is 15.4. The second-order valence-electron chi connectivity index (χ2n) is 13.9. The van der Waals surface area contributed by atoms with Crippen molar-refractivity contribution in [3.63, 3.8) is 0 Å². The predicted molar refractivity (Wildman–Crippen MR) is 216 cm³/mol. The molecule has 0 saturated carbocycles. The fourth-order valence-corrected chi connectivity index (χ4v) is 6.54. The largest absolute Gasteiger partial charge is 0.387 e. The minimum atomic E-state index is -4.36. The Bertz CT molecular complexity index is 1010. The van der Waals surface area contributed by atoms with Crippen molar-refractivity contribution < 1.29 is 22.9 Å². The summed E-state index contributed by atoms with van der Waals surface area (Å²) < 4.78 is 32.5. The van der Waals surface area contributed by atoms with Crippen molar-refractivity contribution in [2.45, 2.75) is 199 Å². The van der Waals surface area contributed by atoms with Gasteiger partial charge in [0.2, 0.25) is 5.91 Å². The van der Waals surface area contributed by atoms with Crippen LogP contribution in [0.4, 0.5) is 0 Å². The zero-order chi connectivity index (χ0) is 36.8. The van der Waals surface area contributed by atoms with E-state index in [-0.39, 0.29) is 12.3 Å². The van der Waals surface area contributed by atoms with Crippen LogP contribution in [-0.4, -0.2) is 41.9 Å². The van der Waals surface area contributed by atoms with Gasteiger partial charge in [0, 0.05) is 6.42 Å². The van der Waals surface area contributed by atoms with E-state index in [0.717, 1.165) is 57.8 Å². The molecule has 0 saturated heterocycles. The van der Waals surface area contributed by atoms with Gasteiger partial charge in [0.25, 0.3) is 10.1 Å². The summed E-state index contributed by atoms with van der Waals surface area (Å²) in [6.45, 7) is 4.50. The second kappa shape index (κ2) is 36.8. The van der Waals surface area contributed by atoms with E-state index in [2.05, 4.69) is 67.8 Å². The molecule has 0 bridgehead atoms. The Hall–Kier alpha value is -1.96. The topological polar surface area (TPSA) is 104 Å². The highest BCUT2D eigenvalue weighted by atomic mass is 32.2. The molecule has 290 valence electrons. The first-order valence-electron chi connectivity index (χ1n) is 20.5. The van der Waals surface area contributed by atoms with Gasteiger partial charge in [-0.2, -0.15) is 8.42 Å². The van der Waals surface area contributed by atoms with Crippen LogP contribution < -0.4 is 5.32 Å². The van der Waals surface area contributed by atoms with Crippen LogP contribution in [0.15, 0.2) is 60.8 Å². The Morgan fingerprint density at radius 2 is 0.920 bits per heavy atom. The lowest BCUT2D eigenvalue weighted by atomic mass is 10.1. The molecule has 0 spiro atoms. The maximum Gasteiger partial charge on any atom is 0.267 e. The molecule has 2 atom stereocenters. The van der Waals surface area contributed by atoms with Gasteiger partial charge in [0.15, 0.2) is 0 Å². The summed E-state index contributed by atoms with van der Waals surface area (Å²) in [5, 5.41) is 13.2. The quantitative estimate of drug-likeness (QED) is 0.0340. The fourth-order valence-electron chi connectivity index (χ4n) is 5.80. The van der Waals surface area contributed by atoms with Gasteiger partial charge >= 0.3 is 0 Å². The highest BCUT2D eigenvalue weighted by molar-refractivity contribution is 7.85. The molecule has 0 aromatic carbocycles. The van der Waals surface area contributed by atoms with Gasteiger partial charge in [-0.3, -0.25) is 9.35 Å². The first-order valence-corrected chi connectivity index (χ1v) is 22.1. The van der Waals surface area contributed by atoms with Crippen molar-refractivity contribution >= 4 is 16.0 Å². The van der Waals surface area contributed by atoms with Gasteiger partial charge in [-0.05, 0) is 77.0 Å². The molecular weight excluding hydrogens is 643 g/mol. The maximum absolute atomic E-state index is 12.5. The molecule has 0 aliphatic rings. The molecule has 0 fully saturated rings. The van der Waals surface area contributed by atoms with E-state index in [4.69, 9.17) is 0 Å². The van der Waals surface area contributed by atoms with Crippen LogP contribution in [-0.2, 0) is 14.9 Å². The van der Waals surface area contributed by atoms with Crippen molar-refractivity contribution in [1.29, 1.82) is 0 Å². The highest BCUT2D eigenvalue weighted by Crippen LogP contribution is 2.12. The monoisotopic (exact) mass is 720 g/mol. The summed E-state index contributed by atoms with van der Waals surface area (Å²) in [7, 11) is -4.36. The average molecular weight is 720 g/mol. The van der Waals surface area contributed by atoms with Crippen molar-refractivity contribution in [3.8, 4) is 0 Å². The fraction of sp³-hybridized carbons (Fsp3) is 0.744. The van der Waals surface area contributed by atoms with Crippen LogP contribution in [0.2, 0.25) is 0 Å². The normalized spacial score (nSPS) is 13.9. The first-order chi connectivity index (χ1) is 24.3. The predicted octanol–water partition coefficient (Wildman–Crippen LogP) is 12.1. The number of carbonyl (C=O) groups is 1. The molecule has 6 nitrogen and oxygen atoms in total. The number of hydrogen-bond acceptors (Lipinski definition) is 4. The number of nitrogens with one attached hydrogen (secondary N) is 1. The standard InChI is InChI=1S/C43H77NO5S/c1-3-5-7-9-11-13-15-17-19-21-22-23-24-26-28-30-32-34-36-38-42(45)41(40-50(47,48)49)44-43(46)39-37-35-33-31-29-27-25-20-18-16-14-12-10-8-6-4-2/h14,16,20,22-23,25,28,30,36,38,41-42,45H,3-13,15,17-19,21,24,26-27,29,31-35,37,39-40H2,1-2H3,(H,44,46)(H,47,48,49)/b16-14-,23-22+,25-20-,30-28+,38-36+. The van der Waals surface area contributed by atoms with Crippen LogP contribution >= 0.6 is 0 Å². The zero-order valence-corrected chi connectivity index (χ0v) is 33.1. The summed E-state index contributed by atoms with van der Waals surface area (Å²) in [6.07, 6.45) is 50.6. The maximum atomic E-state index is 12.5. The Labute approximate surface area is 309 Å². The summed E-state index contributed by atoms with van der Waals surface area (Å²) in [6, 6.07) is -1.09. The molecule has 3 N–H and O–H groups in total. The Morgan fingerprint density at radius 1 is 0.540 bits per heavy atom. The summed E-state index contributed by atoms with van der Waals surface area (Å²) in [5.41, 5.74) is 0. The molecule has 0 aromatic rings. The SMILES string of the molecule is CCCCCC/C=C\C/C=C\CCCCCCCC(=O)NC(CS(=O)(=O)O)C(O)/C=C/CC/C=C/CC/C=C/CCCCCCCCCCC. The smallest absolute Gasteiger partial charge is 0.267 e. The number of hydrogen-bond donors (Lipinski definition) is 3. The Balaban J connectivity index is 4.05. The number of rotatable bonds is 36. The lowest BCUT2D eigenvalue weighted by Crippen LogP contribution is -2.46. The summed E-state index contributed by atoms with van der Waals surface area (Å²) >= 11 is 0.